The lowest BCUT2D eigenvalue weighted by Gasteiger charge is -2.40. The number of nitrogens with zero attached hydrogens (tertiary/aromatic N) is 6. The maximum absolute atomic E-state index is 11.4. The largest absolute Gasteiger partial charge is 0.367 e. The van der Waals surface area contributed by atoms with Gasteiger partial charge >= 0.3 is 5.69 Å². The second-order valence-electron chi connectivity index (χ2n) is 6.04. The van der Waals surface area contributed by atoms with Crippen molar-refractivity contribution in [3.8, 4) is 0 Å². The van der Waals surface area contributed by atoms with Crippen molar-refractivity contribution in [1.29, 1.82) is 0 Å². The number of aryl methyl sites for hydroxylation is 3. The summed E-state index contributed by atoms with van der Waals surface area (Å²) in [5.74, 6) is 0.519. The number of anilines is 1. The Bertz CT molecular complexity index is 752. The van der Waals surface area contributed by atoms with E-state index in [2.05, 4.69) is 10.2 Å². The van der Waals surface area contributed by atoms with Gasteiger partial charge < -0.3 is 9.64 Å². The van der Waals surface area contributed by atoms with Crippen LogP contribution in [0.3, 0.4) is 0 Å². The second kappa shape index (κ2) is 5.34. The van der Waals surface area contributed by atoms with Gasteiger partial charge in [0, 0.05) is 32.4 Å². The third-order valence-electron chi connectivity index (χ3n) is 4.23. The molecule has 0 amide bonds. The minimum Gasteiger partial charge on any atom is -0.367 e. The molecule has 1 aliphatic rings. The van der Waals surface area contributed by atoms with Gasteiger partial charge in [-0.15, -0.1) is 0 Å². The molecule has 2 aromatic rings. The molecular formula is C14H20N6O3. The molecule has 1 fully saturated rings. The van der Waals surface area contributed by atoms with Gasteiger partial charge in [-0.3, -0.25) is 14.8 Å². The van der Waals surface area contributed by atoms with Gasteiger partial charge in [-0.1, -0.05) is 0 Å². The van der Waals surface area contributed by atoms with E-state index in [0.29, 0.717) is 31.2 Å². The fourth-order valence-electron chi connectivity index (χ4n) is 3.12. The molecule has 0 N–H and O–H groups in total. The molecule has 0 aromatic carbocycles. The van der Waals surface area contributed by atoms with Crippen molar-refractivity contribution in [3.05, 3.63) is 33.8 Å². The van der Waals surface area contributed by atoms with E-state index in [1.54, 1.807) is 29.5 Å². The lowest BCUT2D eigenvalue weighted by Crippen LogP contribution is -2.49. The van der Waals surface area contributed by atoms with E-state index in [9.17, 15) is 10.1 Å². The molecule has 3 rings (SSSR count). The highest BCUT2D eigenvalue weighted by Crippen LogP contribution is 2.36. The summed E-state index contributed by atoms with van der Waals surface area (Å²) in [6, 6.07) is 0. The van der Waals surface area contributed by atoms with Gasteiger partial charge in [-0.25, -0.2) is 4.68 Å². The molecule has 0 aliphatic carbocycles. The van der Waals surface area contributed by atoms with Crippen molar-refractivity contribution in [1.82, 2.24) is 19.6 Å². The summed E-state index contributed by atoms with van der Waals surface area (Å²) in [5.41, 5.74) is 0.856. The lowest BCUT2D eigenvalue weighted by molar-refractivity contribution is -0.384. The highest BCUT2D eigenvalue weighted by atomic mass is 16.6. The summed E-state index contributed by atoms with van der Waals surface area (Å²) in [7, 11) is 3.58. The quantitative estimate of drug-likeness (QED) is 0.622. The van der Waals surface area contributed by atoms with E-state index >= 15 is 0 Å². The molecule has 9 nitrogen and oxygen atoms in total. The number of hydrogen-bond donors (Lipinski definition) is 0. The predicted octanol–water partition coefficient (Wildman–Crippen LogP) is 1.12. The van der Waals surface area contributed by atoms with Crippen molar-refractivity contribution < 1.29 is 9.66 Å². The minimum absolute atomic E-state index is 0.0583. The maximum atomic E-state index is 11.4. The van der Waals surface area contributed by atoms with Crippen LogP contribution < -0.4 is 4.90 Å². The molecule has 2 aromatic heterocycles. The number of ether oxygens (including phenoxy) is 1. The van der Waals surface area contributed by atoms with Crippen LogP contribution in [0.4, 0.5) is 11.5 Å². The zero-order valence-corrected chi connectivity index (χ0v) is 13.7. The van der Waals surface area contributed by atoms with Gasteiger partial charge in [-0.05, 0) is 13.8 Å². The summed E-state index contributed by atoms with van der Waals surface area (Å²) < 4.78 is 9.26. The summed E-state index contributed by atoms with van der Waals surface area (Å²) in [6.07, 6.45) is 3.68. The zero-order chi connectivity index (χ0) is 16.8. The highest BCUT2D eigenvalue weighted by molar-refractivity contribution is 5.61. The van der Waals surface area contributed by atoms with Crippen LogP contribution in [0.1, 0.15) is 18.2 Å². The van der Waals surface area contributed by atoms with Crippen molar-refractivity contribution in [2.45, 2.75) is 19.4 Å². The Labute approximate surface area is 133 Å². The van der Waals surface area contributed by atoms with E-state index in [1.165, 1.54) is 0 Å². The average molecular weight is 320 g/mol. The number of hydrogen-bond acceptors (Lipinski definition) is 6. The molecule has 1 unspecified atom stereocenters. The van der Waals surface area contributed by atoms with Gasteiger partial charge in [0.25, 0.3) is 0 Å². The first kappa shape index (κ1) is 15.5. The Morgan fingerprint density at radius 2 is 2.17 bits per heavy atom. The second-order valence-corrected chi connectivity index (χ2v) is 6.04. The van der Waals surface area contributed by atoms with Crippen LogP contribution in [-0.2, 0) is 24.4 Å². The number of morpholine rings is 1. The van der Waals surface area contributed by atoms with E-state index in [1.807, 2.05) is 25.1 Å². The standard InChI is InChI=1S/C14H20N6O3/c1-10-12(20(21)22)13(18(4)16-10)19-5-6-23-14(2,9-19)11-7-15-17(3)8-11/h7-8H,5-6,9H2,1-4H3. The van der Waals surface area contributed by atoms with Crippen LogP contribution in [0.15, 0.2) is 12.4 Å². The van der Waals surface area contributed by atoms with Crippen molar-refractivity contribution in [2.24, 2.45) is 14.1 Å². The lowest BCUT2D eigenvalue weighted by atomic mass is 9.97. The third kappa shape index (κ3) is 2.56. The van der Waals surface area contributed by atoms with Crippen LogP contribution in [0, 0.1) is 17.0 Å². The van der Waals surface area contributed by atoms with Crippen LogP contribution >= 0.6 is 0 Å². The topological polar surface area (TPSA) is 91.2 Å². The first-order valence-electron chi connectivity index (χ1n) is 7.38. The van der Waals surface area contributed by atoms with Crippen LogP contribution in [0.25, 0.3) is 0 Å². The Hall–Kier alpha value is -2.42. The molecule has 0 saturated carbocycles. The van der Waals surface area contributed by atoms with Crippen molar-refractivity contribution >= 4 is 11.5 Å². The molecule has 0 bridgehead atoms. The Kier molecular flexibility index (Phi) is 3.59. The van der Waals surface area contributed by atoms with Gasteiger partial charge in [-0.2, -0.15) is 10.2 Å². The Balaban J connectivity index is 1.98. The molecular weight excluding hydrogens is 300 g/mol. The van der Waals surface area contributed by atoms with Crippen molar-refractivity contribution in [3.63, 3.8) is 0 Å². The molecule has 23 heavy (non-hydrogen) atoms. The summed E-state index contributed by atoms with van der Waals surface area (Å²) in [6.45, 7) is 5.19. The van der Waals surface area contributed by atoms with E-state index in [0.717, 1.165) is 5.56 Å². The van der Waals surface area contributed by atoms with E-state index in [-0.39, 0.29) is 10.6 Å². The highest BCUT2D eigenvalue weighted by Gasteiger charge is 2.39. The molecule has 124 valence electrons. The van der Waals surface area contributed by atoms with Gasteiger partial charge in [0.15, 0.2) is 0 Å². The Morgan fingerprint density at radius 3 is 2.78 bits per heavy atom. The van der Waals surface area contributed by atoms with Crippen LogP contribution in [0.2, 0.25) is 0 Å². The average Bonchev–Trinajstić information content (AvgIpc) is 3.02. The van der Waals surface area contributed by atoms with Crippen LogP contribution in [-0.4, -0.2) is 44.2 Å². The summed E-state index contributed by atoms with van der Waals surface area (Å²) in [5, 5.41) is 19.8. The molecule has 0 radical (unpaired) electrons. The van der Waals surface area contributed by atoms with Gasteiger partial charge in [0.05, 0.1) is 24.3 Å². The molecule has 1 atom stereocenters. The van der Waals surface area contributed by atoms with Crippen molar-refractivity contribution in [2.75, 3.05) is 24.6 Å². The minimum atomic E-state index is -0.571. The zero-order valence-electron chi connectivity index (χ0n) is 13.7. The molecule has 1 saturated heterocycles. The fourth-order valence-corrected chi connectivity index (χ4v) is 3.12. The molecule has 3 heterocycles. The molecule has 1 aliphatic heterocycles. The fraction of sp³-hybridized carbons (Fsp3) is 0.571. The first-order chi connectivity index (χ1) is 10.8. The van der Waals surface area contributed by atoms with Gasteiger partial charge in [0.2, 0.25) is 5.82 Å². The number of nitro groups is 1. The van der Waals surface area contributed by atoms with Gasteiger partial charge in [0.1, 0.15) is 11.3 Å². The Morgan fingerprint density at radius 1 is 1.43 bits per heavy atom. The smallest absolute Gasteiger partial charge is 0.333 e. The summed E-state index contributed by atoms with van der Waals surface area (Å²) >= 11 is 0. The maximum Gasteiger partial charge on any atom is 0.333 e. The summed E-state index contributed by atoms with van der Waals surface area (Å²) in [4.78, 5) is 13.0. The number of rotatable bonds is 3. The molecule has 0 spiro atoms. The third-order valence-corrected chi connectivity index (χ3v) is 4.23. The van der Waals surface area contributed by atoms with E-state index < -0.39 is 5.60 Å². The first-order valence-corrected chi connectivity index (χ1v) is 7.38. The SMILES string of the molecule is Cc1nn(C)c(N2CCOC(C)(c3cnn(C)c3)C2)c1[N+](=O)[O-]. The van der Waals surface area contributed by atoms with Crippen LogP contribution in [0.5, 0.6) is 0 Å². The monoisotopic (exact) mass is 320 g/mol. The predicted molar refractivity (Wildman–Crippen MR) is 83.3 cm³/mol. The van der Waals surface area contributed by atoms with E-state index in [4.69, 9.17) is 4.74 Å². The normalized spacial score (nSPS) is 21.7. The molecule has 9 heteroatoms. The number of aromatic nitrogens is 4.